The third-order valence-corrected chi connectivity index (χ3v) is 5.50. The molecule has 1 N–H and O–H groups in total. The number of nitrogens with one attached hydrogen (secondary N) is 1. The zero-order valence-electron chi connectivity index (χ0n) is 17.6. The third kappa shape index (κ3) is 3.30. The van der Waals surface area contributed by atoms with Crippen LogP contribution in [0.1, 0.15) is 33.0 Å². The minimum Gasteiger partial charge on any atom is -0.358 e. The second kappa shape index (κ2) is 7.63. The summed E-state index contributed by atoms with van der Waals surface area (Å²) in [5.74, 6) is -1.03. The fraction of sp³-hybridized carbons (Fsp3) is 0.208. The molecule has 30 heavy (non-hydrogen) atoms. The van der Waals surface area contributed by atoms with Crippen LogP contribution in [0, 0.1) is 20.8 Å². The number of aromatic nitrogens is 3. The first-order valence-corrected chi connectivity index (χ1v) is 9.86. The fourth-order valence-corrected chi connectivity index (χ4v) is 3.88. The highest BCUT2D eigenvalue weighted by atomic mass is 16.2. The largest absolute Gasteiger partial charge is 0.358 e. The summed E-state index contributed by atoms with van der Waals surface area (Å²) in [6.07, 6.45) is 0. The fourth-order valence-electron chi connectivity index (χ4n) is 3.88. The highest BCUT2D eigenvalue weighted by Gasteiger charge is 2.26. The molecule has 0 unspecified atom stereocenters. The first-order chi connectivity index (χ1) is 14.4. The predicted octanol–water partition coefficient (Wildman–Crippen LogP) is 4.12. The summed E-state index contributed by atoms with van der Waals surface area (Å²) in [5, 5.41) is 5.40. The molecular formula is C24H24N4O2. The normalized spacial score (nSPS) is 11.1. The number of fused-ring (bicyclic) bond motifs is 1. The number of carbonyl (C=O) groups is 2. The number of Topliss-reactive ketones (excluding diaryl/α,β-unsaturated/α-hetero) is 1. The van der Waals surface area contributed by atoms with E-state index in [0.717, 1.165) is 33.5 Å². The van der Waals surface area contributed by atoms with Crippen LogP contribution in [0.2, 0.25) is 0 Å². The van der Waals surface area contributed by atoms with Gasteiger partial charge in [-0.3, -0.25) is 9.59 Å². The summed E-state index contributed by atoms with van der Waals surface area (Å²) in [6, 6.07) is 17.4. The van der Waals surface area contributed by atoms with Gasteiger partial charge in [-0.2, -0.15) is 5.10 Å². The number of amides is 1. The standard InChI is InChI=1S/C24H24N4O2/c1-15-20(17(3)28(26-15)18-10-6-5-7-11-18)14-27(4)24(30)23(29)22-16(2)25-21-13-9-8-12-19(21)22/h5-13,25H,14H2,1-4H3. The van der Waals surface area contributed by atoms with Crippen LogP contribution in [0.4, 0.5) is 0 Å². The molecular weight excluding hydrogens is 376 g/mol. The number of nitrogens with zero attached hydrogens (tertiary/aromatic N) is 3. The summed E-state index contributed by atoms with van der Waals surface area (Å²) in [7, 11) is 1.66. The molecule has 2 heterocycles. The van der Waals surface area contributed by atoms with Crippen LogP contribution < -0.4 is 0 Å². The van der Waals surface area contributed by atoms with Crippen LogP contribution in [0.25, 0.3) is 16.6 Å². The van der Waals surface area contributed by atoms with Gasteiger partial charge in [-0.1, -0.05) is 36.4 Å². The van der Waals surface area contributed by atoms with Gasteiger partial charge in [0.15, 0.2) is 0 Å². The molecule has 6 heteroatoms. The van der Waals surface area contributed by atoms with E-state index in [2.05, 4.69) is 10.1 Å². The average molecular weight is 400 g/mol. The molecule has 0 atom stereocenters. The molecule has 4 rings (SSSR count). The van der Waals surface area contributed by atoms with Crippen LogP contribution in [0.15, 0.2) is 54.6 Å². The summed E-state index contributed by atoms with van der Waals surface area (Å²) in [6.45, 7) is 6.03. The minimum atomic E-state index is -0.533. The van der Waals surface area contributed by atoms with Gasteiger partial charge in [0, 0.05) is 41.4 Å². The Labute approximate surface area is 175 Å². The molecule has 0 saturated heterocycles. The minimum absolute atomic E-state index is 0.316. The lowest BCUT2D eigenvalue weighted by molar-refractivity contribution is -0.125. The van der Waals surface area contributed by atoms with E-state index in [1.165, 1.54) is 4.90 Å². The number of hydrogen-bond acceptors (Lipinski definition) is 3. The van der Waals surface area contributed by atoms with Gasteiger partial charge in [-0.05, 0) is 39.0 Å². The number of hydrogen-bond donors (Lipinski definition) is 1. The van der Waals surface area contributed by atoms with Crippen molar-refractivity contribution in [3.05, 3.63) is 82.8 Å². The van der Waals surface area contributed by atoms with Gasteiger partial charge in [0.05, 0.1) is 16.9 Å². The van der Waals surface area contributed by atoms with E-state index in [-0.39, 0.29) is 0 Å². The summed E-state index contributed by atoms with van der Waals surface area (Å²) in [5.41, 5.74) is 5.69. The second-order valence-corrected chi connectivity index (χ2v) is 7.56. The maximum Gasteiger partial charge on any atom is 0.295 e. The van der Waals surface area contributed by atoms with Crippen LogP contribution in [-0.4, -0.2) is 38.4 Å². The van der Waals surface area contributed by atoms with Gasteiger partial charge in [0.25, 0.3) is 11.7 Å². The maximum atomic E-state index is 13.0. The van der Waals surface area contributed by atoms with E-state index in [4.69, 9.17) is 0 Å². The zero-order valence-corrected chi connectivity index (χ0v) is 17.6. The van der Waals surface area contributed by atoms with Crippen LogP contribution in [0.3, 0.4) is 0 Å². The Morgan fingerprint density at radius 3 is 2.40 bits per heavy atom. The number of aromatic amines is 1. The Morgan fingerprint density at radius 1 is 1.00 bits per heavy atom. The van der Waals surface area contributed by atoms with E-state index in [9.17, 15) is 9.59 Å². The van der Waals surface area contributed by atoms with Crippen molar-refractivity contribution in [3.8, 4) is 5.69 Å². The van der Waals surface area contributed by atoms with Gasteiger partial charge < -0.3 is 9.88 Å². The Kier molecular flexibility index (Phi) is 4.99. The molecule has 0 spiro atoms. The lowest BCUT2D eigenvalue weighted by Crippen LogP contribution is -2.33. The zero-order chi connectivity index (χ0) is 21.4. The molecule has 2 aromatic heterocycles. The number of benzene rings is 2. The Morgan fingerprint density at radius 2 is 1.67 bits per heavy atom. The summed E-state index contributed by atoms with van der Waals surface area (Å²) in [4.78, 5) is 30.7. The third-order valence-electron chi connectivity index (χ3n) is 5.50. The van der Waals surface area contributed by atoms with Crippen molar-refractivity contribution in [2.24, 2.45) is 0 Å². The molecule has 0 radical (unpaired) electrons. The van der Waals surface area contributed by atoms with Gasteiger partial charge in [0.2, 0.25) is 0 Å². The van der Waals surface area contributed by atoms with Crippen molar-refractivity contribution in [1.82, 2.24) is 19.7 Å². The van der Waals surface area contributed by atoms with E-state index >= 15 is 0 Å². The molecule has 2 aromatic carbocycles. The van der Waals surface area contributed by atoms with E-state index in [0.29, 0.717) is 17.8 Å². The number of rotatable bonds is 5. The molecule has 0 fully saturated rings. The highest BCUT2D eigenvalue weighted by Crippen LogP contribution is 2.24. The SMILES string of the molecule is Cc1nn(-c2ccccc2)c(C)c1CN(C)C(=O)C(=O)c1c(C)[nH]c2ccccc12. The van der Waals surface area contributed by atoms with E-state index < -0.39 is 11.7 Å². The van der Waals surface area contributed by atoms with Gasteiger partial charge in [-0.25, -0.2) is 4.68 Å². The lowest BCUT2D eigenvalue weighted by Gasteiger charge is -2.17. The van der Waals surface area contributed by atoms with Crippen molar-refractivity contribution < 1.29 is 9.59 Å². The molecule has 0 aliphatic carbocycles. The molecule has 0 bridgehead atoms. The Bertz CT molecular complexity index is 1250. The number of likely N-dealkylation sites (N-methyl/N-ethyl adjacent to an activating group) is 1. The predicted molar refractivity (Wildman–Crippen MR) is 117 cm³/mol. The van der Waals surface area contributed by atoms with Crippen LogP contribution in [0.5, 0.6) is 0 Å². The molecule has 0 aliphatic heterocycles. The van der Waals surface area contributed by atoms with E-state index in [1.807, 2.05) is 80.1 Å². The van der Waals surface area contributed by atoms with Crippen molar-refractivity contribution in [3.63, 3.8) is 0 Å². The van der Waals surface area contributed by atoms with E-state index in [1.54, 1.807) is 7.05 Å². The topological polar surface area (TPSA) is 71.0 Å². The monoisotopic (exact) mass is 400 g/mol. The quantitative estimate of drug-likeness (QED) is 0.405. The van der Waals surface area contributed by atoms with Crippen molar-refractivity contribution in [2.75, 3.05) is 7.05 Å². The van der Waals surface area contributed by atoms with Crippen molar-refractivity contribution in [2.45, 2.75) is 27.3 Å². The van der Waals surface area contributed by atoms with Crippen LogP contribution in [-0.2, 0) is 11.3 Å². The average Bonchev–Trinajstić information content (AvgIpc) is 3.23. The Hall–Kier alpha value is -3.67. The number of ketones is 1. The molecule has 6 nitrogen and oxygen atoms in total. The first-order valence-electron chi connectivity index (χ1n) is 9.86. The number of aryl methyl sites for hydroxylation is 2. The molecule has 0 aliphatic rings. The molecule has 152 valence electrons. The highest BCUT2D eigenvalue weighted by molar-refractivity contribution is 6.45. The van der Waals surface area contributed by atoms with Gasteiger partial charge in [0.1, 0.15) is 0 Å². The Balaban J connectivity index is 1.61. The van der Waals surface area contributed by atoms with Crippen molar-refractivity contribution in [1.29, 1.82) is 0 Å². The number of carbonyl (C=O) groups excluding carboxylic acids is 2. The van der Waals surface area contributed by atoms with Crippen LogP contribution >= 0.6 is 0 Å². The maximum absolute atomic E-state index is 13.0. The summed E-state index contributed by atoms with van der Waals surface area (Å²) < 4.78 is 1.87. The second-order valence-electron chi connectivity index (χ2n) is 7.56. The molecule has 1 amide bonds. The number of H-pyrrole nitrogens is 1. The summed E-state index contributed by atoms with van der Waals surface area (Å²) >= 11 is 0. The van der Waals surface area contributed by atoms with Gasteiger partial charge in [-0.15, -0.1) is 0 Å². The smallest absolute Gasteiger partial charge is 0.295 e. The molecule has 4 aromatic rings. The van der Waals surface area contributed by atoms with Gasteiger partial charge >= 0.3 is 0 Å². The molecule has 0 saturated carbocycles. The lowest BCUT2D eigenvalue weighted by atomic mass is 10.1. The number of para-hydroxylation sites is 2. The van der Waals surface area contributed by atoms with Crippen molar-refractivity contribution >= 4 is 22.6 Å². The first kappa shape index (κ1) is 19.6.